The second-order valence-electron chi connectivity index (χ2n) is 7.32. The smallest absolute Gasteiger partial charge is 0.300 e. The molecule has 1 unspecified atom stereocenters. The lowest BCUT2D eigenvalue weighted by Crippen LogP contribution is -2.30. The van der Waals surface area contributed by atoms with Crippen molar-refractivity contribution >= 4 is 34.7 Å². The molecule has 1 aliphatic rings. The van der Waals surface area contributed by atoms with E-state index in [0.717, 1.165) is 5.56 Å². The maximum atomic E-state index is 14.9. The number of aryl methyl sites for hydroxylation is 1. The second-order valence-corrected chi connectivity index (χ2v) is 7.76. The minimum absolute atomic E-state index is 0.0810. The fraction of sp³-hybridized carbons (Fsp3) is 0.120. The maximum absolute atomic E-state index is 14.9. The number of aliphatic hydroxyl groups is 1. The van der Waals surface area contributed by atoms with Crippen LogP contribution in [0.5, 0.6) is 5.75 Å². The van der Waals surface area contributed by atoms with Gasteiger partial charge in [-0.15, -0.1) is 0 Å². The number of carbonyl (C=O) groups excluding carboxylic acids is 2. The molecule has 3 aromatic carbocycles. The highest BCUT2D eigenvalue weighted by atomic mass is 35.5. The van der Waals surface area contributed by atoms with Crippen molar-refractivity contribution < 1.29 is 23.8 Å². The minimum atomic E-state index is -1.18. The summed E-state index contributed by atoms with van der Waals surface area (Å²) < 4.78 is 20.2. The first kappa shape index (κ1) is 21.6. The SMILES string of the molecule is COc1ccc(Cl)cc1/C(O)=C1\C(=O)C(=O)N(c2ccccc2C)C1c1ccccc1F. The topological polar surface area (TPSA) is 66.8 Å². The van der Waals surface area contributed by atoms with Crippen LogP contribution in [0.1, 0.15) is 22.7 Å². The van der Waals surface area contributed by atoms with Crippen molar-refractivity contribution in [1.29, 1.82) is 0 Å². The van der Waals surface area contributed by atoms with Gasteiger partial charge in [0.2, 0.25) is 0 Å². The Morgan fingerprint density at radius 3 is 2.44 bits per heavy atom. The molecule has 1 fully saturated rings. The monoisotopic (exact) mass is 451 g/mol. The van der Waals surface area contributed by atoms with E-state index in [9.17, 15) is 19.1 Å². The molecular formula is C25H19ClFNO4. The number of aliphatic hydroxyl groups excluding tert-OH is 1. The first-order valence-corrected chi connectivity index (χ1v) is 10.2. The molecule has 1 heterocycles. The molecular weight excluding hydrogens is 433 g/mol. The largest absolute Gasteiger partial charge is 0.507 e. The number of amides is 1. The number of methoxy groups -OCH3 is 1. The quantitative estimate of drug-likeness (QED) is 0.326. The number of hydrogen-bond acceptors (Lipinski definition) is 4. The lowest BCUT2D eigenvalue weighted by Gasteiger charge is -2.27. The molecule has 7 heteroatoms. The Morgan fingerprint density at radius 2 is 1.75 bits per heavy atom. The van der Waals surface area contributed by atoms with E-state index in [-0.39, 0.29) is 22.4 Å². The van der Waals surface area contributed by atoms with E-state index in [0.29, 0.717) is 10.7 Å². The number of ether oxygens (including phenoxy) is 1. The number of nitrogens with zero attached hydrogens (tertiary/aromatic N) is 1. The molecule has 1 aliphatic heterocycles. The van der Waals surface area contributed by atoms with Crippen molar-refractivity contribution in [2.45, 2.75) is 13.0 Å². The molecule has 1 amide bonds. The third kappa shape index (κ3) is 3.52. The van der Waals surface area contributed by atoms with Crippen LogP contribution in [0.25, 0.3) is 5.76 Å². The van der Waals surface area contributed by atoms with E-state index >= 15 is 0 Å². The van der Waals surface area contributed by atoms with Crippen LogP contribution < -0.4 is 9.64 Å². The van der Waals surface area contributed by atoms with Crippen LogP contribution in [0, 0.1) is 12.7 Å². The number of anilines is 1. The van der Waals surface area contributed by atoms with E-state index in [1.54, 1.807) is 43.3 Å². The average Bonchev–Trinajstić information content (AvgIpc) is 3.04. The third-order valence-corrected chi connectivity index (χ3v) is 5.67. The molecule has 0 aliphatic carbocycles. The molecule has 0 radical (unpaired) electrons. The molecule has 1 N–H and O–H groups in total. The summed E-state index contributed by atoms with van der Waals surface area (Å²) in [5, 5.41) is 11.5. The molecule has 4 rings (SSSR count). The Morgan fingerprint density at radius 1 is 1.06 bits per heavy atom. The third-order valence-electron chi connectivity index (χ3n) is 5.44. The van der Waals surface area contributed by atoms with Gasteiger partial charge in [-0.05, 0) is 42.8 Å². The maximum Gasteiger partial charge on any atom is 0.300 e. The highest BCUT2D eigenvalue weighted by Crippen LogP contribution is 2.44. The molecule has 1 atom stereocenters. The standard InChI is InChI=1S/C25H19ClFNO4/c1-14-7-3-6-10-19(14)28-22(16-8-4-5-9-18(16)27)21(24(30)25(28)31)23(29)17-13-15(26)11-12-20(17)32-2/h3-13,22,29H,1-2H3/b23-21+. The number of ketones is 1. The van der Waals surface area contributed by atoms with Crippen molar-refractivity contribution in [3.05, 3.63) is 99.8 Å². The van der Waals surface area contributed by atoms with Crippen LogP contribution in [-0.2, 0) is 9.59 Å². The zero-order valence-electron chi connectivity index (χ0n) is 17.3. The number of hydrogen-bond donors (Lipinski definition) is 1. The first-order valence-electron chi connectivity index (χ1n) is 9.80. The Hall–Kier alpha value is -3.64. The summed E-state index contributed by atoms with van der Waals surface area (Å²) >= 11 is 6.10. The highest BCUT2D eigenvalue weighted by molar-refractivity contribution is 6.51. The molecule has 0 aromatic heterocycles. The van der Waals surface area contributed by atoms with Gasteiger partial charge < -0.3 is 9.84 Å². The van der Waals surface area contributed by atoms with Crippen molar-refractivity contribution in [1.82, 2.24) is 0 Å². The molecule has 1 saturated heterocycles. The number of para-hydroxylation sites is 1. The summed E-state index contributed by atoms with van der Waals surface area (Å²) in [7, 11) is 1.40. The summed E-state index contributed by atoms with van der Waals surface area (Å²) in [5.74, 6) is -2.65. The Kier molecular flexibility index (Phi) is 5.72. The van der Waals surface area contributed by atoms with Gasteiger partial charge in [-0.2, -0.15) is 0 Å². The van der Waals surface area contributed by atoms with Gasteiger partial charge in [0.1, 0.15) is 17.3 Å². The first-order chi connectivity index (χ1) is 15.3. The number of rotatable bonds is 4. The van der Waals surface area contributed by atoms with Gasteiger partial charge in [0.25, 0.3) is 11.7 Å². The van der Waals surface area contributed by atoms with E-state index in [1.807, 2.05) is 0 Å². The molecule has 0 bridgehead atoms. The number of benzene rings is 3. The zero-order valence-corrected chi connectivity index (χ0v) is 18.1. The van der Waals surface area contributed by atoms with Crippen LogP contribution in [-0.4, -0.2) is 23.9 Å². The van der Waals surface area contributed by atoms with E-state index < -0.39 is 29.3 Å². The predicted molar refractivity (Wildman–Crippen MR) is 120 cm³/mol. The molecule has 3 aromatic rings. The Labute approximate surface area is 189 Å². The summed E-state index contributed by atoms with van der Waals surface area (Å²) in [6, 6.07) is 16.2. The van der Waals surface area contributed by atoms with Crippen LogP contribution in [0.2, 0.25) is 5.02 Å². The minimum Gasteiger partial charge on any atom is -0.507 e. The van der Waals surface area contributed by atoms with Crippen LogP contribution in [0.15, 0.2) is 72.3 Å². The summed E-state index contributed by atoms with van der Waals surface area (Å²) in [6.07, 6.45) is 0. The van der Waals surface area contributed by atoms with Crippen molar-refractivity contribution in [2.24, 2.45) is 0 Å². The van der Waals surface area contributed by atoms with Gasteiger partial charge >= 0.3 is 0 Å². The van der Waals surface area contributed by atoms with Crippen molar-refractivity contribution in [2.75, 3.05) is 12.0 Å². The van der Waals surface area contributed by atoms with Gasteiger partial charge in [-0.1, -0.05) is 48.0 Å². The van der Waals surface area contributed by atoms with Crippen LogP contribution in [0.3, 0.4) is 0 Å². The second kappa shape index (κ2) is 8.48. The molecule has 5 nitrogen and oxygen atoms in total. The van der Waals surface area contributed by atoms with Gasteiger partial charge in [0, 0.05) is 16.3 Å². The van der Waals surface area contributed by atoms with E-state index in [4.69, 9.17) is 16.3 Å². The van der Waals surface area contributed by atoms with Gasteiger partial charge in [-0.25, -0.2) is 4.39 Å². The van der Waals surface area contributed by atoms with Crippen LogP contribution in [0.4, 0.5) is 10.1 Å². The number of Topliss-reactive ketones (excluding diaryl/α,β-unsaturated/α-hetero) is 1. The fourth-order valence-electron chi connectivity index (χ4n) is 3.92. The fourth-order valence-corrected chi connectivity index (χ4v) is 4.09. The predicted octanol–water partition coefficient (Wildman–Crippen LogP) is 5.42. The molecule has 162 valence electrons. The number of halogens is 2. The summed E-state index contributed by atoms with van der Waals surface area (Å²) in [6.45, 7) is 1.78. The van der Waals surface area contributed by atoms with Crippen molar-refractivity contribution in [3.63, 3.8) is 0 Å². The van der Waals surface area contributed by atoms with Crippen LogP contribution >= 0.6 is 11.6 Å². The highest BCUT2D eigenvalue weighted by Gasteiger charge is 2.48. The number of carbonyl (C=O) groups is 2. The van der Waals surface area contributed by atoms with E-state index in [2.05, 4.69) is 0 Å². The zero-order chi connectivity index (χ0) is 23.0. The lowest BCUT2D eigenvalue weighted by molar-refractivity contribution is -0.132. The van der Waals surface area contributed by atoms with Crippen molar-refractivity contribution in [3.8, 4) is 5.75 Å². The average molecular weight is 452 g/mol. The van der Waals surface area contributed by atoms with E-state index in [1.165, 1.54) is 42.3 Å². The lowest BCUT2D eigenvalue weighted by atomic mass is 9.94. The Bertz CT molecular complexity index is 1270. The normalized spacial score (nSPS) is 17.6. The summed E-state index contributed by atoms with van der Waals surface area (Å²) in [5.41, 5.74) is 1.13. The Balaban J connectivity index is 2.04. The summed E-state index contributed by atoms with van der Waals surface area (Å²) in [4.78, 5) is 27.6. The molecule has 32 heavy (non-hydrogen) atoms. The van der Waals surface area contributed by atoms with Gasteiger partial charge in [-0.3, -0.25) is 14.5 Å². The molecule has 0 saturated carbocycles. The van der Waals surface area contributed by atoms with Gasteiger partial charge in [0.05, 0.1) is 24.3 Å². The van der Waals surface area contributed by atoms with Gasteiger partial charge in [0.15, 0.2) is 0 Å². The molecule has 0 spiro atoms.